The molecule has 5 nitrogen and oxygen atoms in total. The molecule has 0 spiro atoms. The molecule has 1 aliphatic carbocycles. The van der Waals surface area contributed by atoms with Crippen LogP contribution in [0.15, 0.2) is 27.6 Å². The van der Waals surface area contributed by atoms with Gasteiger partial charge >= 0.3 is 0 Å². The summed E-state index contributed by atoms with van der Waals surface area (Å²) in [6.07, 6.45) is 2.84. The minimum absolute atomic E-state index is 0. The summed E-state index contributed by atoms with van der Waals surface area (Å²) in [6, 6.07) is 4.66. The van der Waals surface area contributed by atoms with Crippen molar-refractivity contribution in [1.82, 2.24) is 4.72 Å². The molecule has 0 amide bonds. The van der Waals surface area contributed by atoms with Crippen molar-refractivity contribution in [3.8, 4) is 5.75 Å². The maximum Gasteiger partial charge on any atom is 0.240 e. The molecule has 0 bridgehead atoms. The van der Waals surface area contributed by atoms with Gasteiger partial charge in [-0.25, -0.2) is 13.1 Å². The molecular weight excluding hydrogens is 380 g/mol. The smallest absolute Gasteiger partial charge is 0.240 e. The maximum atomic E-state index is 12.4. The van der Waals surface area contributed by atoms with Gasteiger partial charge in [0.1, 0.15) is 5.75 Å². The lowest BCUT2D eigenvalue weighted by Crippen LogP contribution is -2.39. The lowest BCUT2D eigenvalue weighted by atomic mass is 10.1. The third-order valence-electron chi connectivity index (χ3n) is 3.70. The van der Waals surface area contributed by atoms with Gasteiger partial charge in [-0.2, -0.15) is 0 Å². The van der Waals surface area contributed by atoms with Crippen molar-refractivity contribution in [2.75, 3.05) is 13.7 Å². The molecule has 120 valence electrons. The summed E-state index contributed by atoms with van der Waals surface area (Å²) in [5.74, 6) is 0.830. The number of ether oxygens (including phenoxy) is 1. The number of benzene rings is 1. The zero-order chi connectivity index (χ0) is 14.8. The number of nitrogens with one attached hydrogen (secondary N) is 1. The van der Waals surface area contributed by atoms with Crippen LogP contribution in [-0.2, 0) is 10.0 Å². The van der Waals surface area contributed by atoms with E-state index < -0.39 is 10.0 Å². The predicted molar refractivity (Wildman–Crippen MR) is 88.4 cm³/mol. The number of sulfonamides is 1. The Hall–Kier alpha value is -0.340. The average Bonchev–Trinajstić information content (AvgIpc) is 2.85. The molecule has 1 aliphatic rings. The van der Waals surface area contributed by atoms with E-state index in [-0.39, 0.29) is 29.3 Å². The SMILES string of the molecule is COc1ccc(S(=O)(=O)NC2CCCC2CN)cc1Br.Cl. The molecule has 21 heavy (non-hydrogen) atoms. The zero-order valence-electron chi connectivity index (χ0n) is 11.7. The molecule has 2 unspecified atom stereocenters. The van der Waals surface area contributed by atoms with Gasteiger partial charge in [0, 0.05) is 6.04 Å². The summed E-state index contributed by atoms with van der Waals surface area (Å²) >= 11 is 3.30. The van der Waals surface area contributed by atoms with Crippen molar-refractivity contribution in [2.45, 2.75) is 30.2 Å². The molecule has 1 fully saturated rings. The summed E-state index contributed by atoms with van der Waals surface area (Å²) in [7, 11) is -1.99. The number of hydrogen-bond acceptors (Lipinski definition) is 4. The molecule has 3 N–H and O–H groups in total. The molecular formula is C13H20BrClN2O3S. The van der Waals surface area contributed by atoms with E-state index in [4.69, 9.17) is 10.5 Å². The van der Waals surface area contributed by atoms with Crippen LogP contribution in [0, 0.1) is 5.92 Å². The molecule has 0 aromatic heterocycles. The lowest BCUT2D eigenvalue weighted by molar-refractivity contribution is 0.411. The molecule has 1 saturated carbocycles. The predicted octanol–water partition coefficient (Wildman–Crippen LogP) is 2.29. The van der Waals surface area contributed by atoms with Crippen LogP contribution in [0.3, 0.4) is 0 Å². The second-order valence-electron chi connectivity index (χ2n) is 4.95. The van der Waals surface area contributed by atoms with Gasteiger partial charge in [0.25, 0.3) is 0 Å². The van der Waals surface area contributed by atoms with Crippen molar-refractivity contribution in [3.63, 3.8) is 0 Å². The van der Waals surface area contributed by atoms with Gasteiger partial charge in [-0.15, -0.1) is 12.4 Å². The highest BCUT2D eigenvalue weighted by molar-refractivity contribution is 9.10. The fourth-order valence-corrected chi connectivity index (χ4v) is 4.61. The van der Waals surface area contributed by atoms with Crippen molar-refractivity contribution in [3.05, 3.63) is 22.7 Å². The number of rotatable bonds is 5. The number of hydrogen-bond donors (Lipinski definition) is 2. The molecule has 0 aliphatic heterocycles. The highest BCUT2D eigenvalue weighted by atomic mass is 79.9. The Bertz CT molecular complexity index is 583. The van der Waals surface area contributed by atoms with Crippen LogP contribution >= 0.6 is 28.3 Å². The Morgan fingerprint density at radius 2 is 2.14 bits per heavy atom. The van der Waals surface area contributed by atoms with E-state index in [1.54, 1.807) is 18.2 Å². The summed E-state index contributed by atoms with van der Waals surface area (Å²) in [5.41, 5.74) is 5.68. The maximum absolute atomic E-state index is 12.4. The van der Waals surface area contributed by atoms with E-state index in [0.717, 1.165) is 19.3 Å². The van der Waals surface area contributed by atoms with Gasteiger partial charge in [0.15, 0.2) is 0 Å². The Balaban J connectivity index is 0.00000220. The van der Waals surface area contributed by atoms with E-state index in [0.29, 0.717) is 16.8 Å². The van der Waals surface area contributed by atoms with Crippen LogP contribution in [0.25, 0.3) is 0 Å². The first-order chi connectivity index (χ1) is 9.47. The van der Waals surface area contributed by atoms with Crippen LogP contribution in [-0.4, -0.2) is 28.1 Å². The number of nitrogens with two attached hydrogens (primary N) is 1. The van der Waals surface area contributed by atoms with Crippen molar-refractivity contribution in [2.24, 2.45) is 11.7 Å². The van der Waals surface area contributed by atoms with Gasteiger partial charge in [-0.1, -0.05) is 6.42 Å². The summed E-state index contributed by atoms with van der Waals surface area (Å²) < 4.78 is 33.3. The standard InChI is InChI=1S/C13H19BrN2O3S.ClH/c1-19-13-6-5-10(7-11(13)14)20(17,18)16-12-4-2-3-9(12)8-15;/h5-7,9,12,16H,2-4,8,15H2,1H3;1H. The Morgan fingerprint density at radius 1 is 1.43 bits per heavy atom. The zero-order valence-corrected chi connectivity index (χ0v) is 14.9. The fourth-order valence-electron chi connectivity index (χ4n) is 2.56. The summed E-state index contributed by atoms with van der Waals surface area (Å²) in [6.45, 7) is 0.513. The third-order valence-corrected chi connectivity index (χ3v) is 5.81. The summed E-state index contributed by atoms with van der Waals surface area (Å²) in [4.78, 5) is 0.229. The Labute approximate surface area is 140 Å². The fraction of sp³-hybridized carbons (Fsp3) is 0.538. The molecule has 0 heterocycles. The lowest BCUT2D eigenvalue weighted by Gasteiger charge is -2.19. The highest BCUT2D eigenvalue weighted by Gasteiger charge is 2.30. The van der Waals surface area contributed by atoms with Gasteiger partial charge in [-0.3, -0.25) is 0 Å². The van der Waals surface area contributed by atoms with Crippen molar-refractivity contribution < 1.29 is 13.2 Å². The molecule has 8 heteroatoms. The van der Waals surface area contributed by atoms with Crippen LogP contribution < -0.4 is 15.2 Å². The second-order valence-corrected chi connectivity index (χ2v) is 7.52. The topological polar surface area (TPSA) is 81.4 Å². The minimum atomic E-state index is -3.53. The quantitative estimate of drug-likeness (QED) is 0.796. The van der Waals surface area contributed by atoms with E-state index in [2.05, 4.69) is 20.7 Å². The third kappa shape index (κ3) is 4.32. The Morgan fingerprint density at radius 3 is 2.71 bits per heavy atom. The molecule has 2 rings (SSSR count). The van der Waals surface area contributed by atoms with E-state index >= 15 is 0 Å². The number of halogens is 2. The van der Waals surface area contributed by atoms with Crippen molar-refractivity contribution >= 4 is 38.4 Å². The van der Waals surface area contributed by atoms with Crippen LogP contribution in [0.4, 0.5) is 0 Å². The minimum Gasteiger partial charge on any atom is -0.496 e. The summed E-state index contributed by atoms with van der Waals surface area (Å²) in [5, 5.41) is 0. The Kier molecular flexibility index (Phi) is 6.93. The monoisotopic (exact) mass is 398 g/mol. The van der Waals surface area contributed by atoms with Gasteiger partial charge in [0.05, 0.1) is 16.5 Å². The van der Waals surface area contributed by atoms with E-state index in [1.165, 1.54) is 7.11 Å². The molecule has 1 aromatic rings. The highest BCUT2D eigenvalue weighted by Crippen LogP contribution is 2.29. The first kappa shape index (κ1) is 18.7. The van der Waals surface area contributed by atoms with Gasteiger partial charge in [-0.05, 0) is 59.4 Å². The largest absolute Gasteiger partial charge is 0.496 e. The van der Waals surface area contributed by atoms with Gasteiger partial charge < -0.3 is 10.5 Å². The molecule has 0 radical (unpaired) electrons. The van der Waals surface area contributed by atoms with Crippen LogP contribution in [0.2, 0.25) is 0 Å². The van der Waals surface area contributed by atoms with Crippen molar-refractivity contribution in [1.29, 1.82) is 0 Å². The normalized spacial score (nSPS) is 21.9. The molecule has 0 saturated heterocycles. The second kappa shape index (κ2) is 7.78. The molecule has 1 aromatic carbocycles. The number of methoxy groups -OCH3 is 1. The van der Waals surface area contributed by atoms with Gasteiger partial charge in [0.2, 0.25) is 10.0 Å². The average molecular weight is 400 g/mol. The van der Waals surface area contributed by atoms with Crippen LogP contribution in [0.1, 0.15) is 19.3 Å². The van der Waals surface area contributed by atoms with E-state index in [1.807, 2.05) is 0 Å². The molecule has 2 atom stereocenters. The van der Waals surface area contributed by atoms with Crippen LogP contribution in [0.5, 0.6) is 5.75 Å². The first-order valence-electron chi connectivity index (χ1n) is 6.54. The van der Waals surface area contributed by atoms with E-state index in [9.17, 15) is 8.42 Å². The first-order valence-corrected chi connectivity index (χ1v) is 8.81.